The summed E-state index contributed by atoms with van der Waals surface area (Å²) in [6, 6.07) is 2.77. The van der Waals surface area contributed by atoms with Crippen LogP contribution in [0, 0.1) is 5.92 Å². The number of aromatic nitrogens is 2. The van der Waals surface area contributed by atoms with Crippen LogP contribution in [0.2, 0.25) is 0 Å². The van der Waals surface area contributed by atoms with Crippen LogP contribution in [0.3, 0.4) is 0 Å². The molecule has 3 heterocycles. The standard InChI is InChI=1S/C18H25N5O4/c1-12(2)23-11-13(10-16(23)25)17(26)21-6-3-7-22(9-8-21)18(27)14-4-5-15(24)20-19-14/h4-5,12-13H,3,6-11H2,1-2H3,(H,20,24). The summed E-state index contributed by atoms with van der Waals surface area (Å²) in [6.45, 7) is 6.28. The summed E-state index contributed by atoms with van der Waals surface area (Å²) in [5.74, 6) is -0.548. The molecule has 2 aliphatic rings. The minimum absolute atomic E-state index is 0.0111. The number of H-pyrrole nitrogens is 1. The Morgan fingerprint density at radius 3 is 2.44 bits per heavy atom. The van der Waals surface area contributed by atoms with Crippen molar-refractivity contribution in [3.05, 3.63) is 28.2 Å². The fraction of sp³-hybridized carbons (Fsp3) is 0.611. The van der Waals surface area contributed by atoms with E-state index in [0.29, 0.717) is 39.1 Å². The van der Waals surface area contributed by atoms with E-state index in [1.54, 1.807) is 14.7 Å². The van der Waals surface area contributed by atoms with Crippen LogP contribution in [0.25, 0.3) is 0 Å². The lowest BCUT2D eigenvalue weighted by Gasteiger charge is -2.25. The molecular formula is C18H25N5O4. The molecule has 9 heteroatoms. The Bertz CT molecular complexity index is 770. The molecule has 1 aromatic rings. The molecule has 0 spiro atoms. The van der Waals surface area contributed by atoms with Gasteiger partial charge in [-0.05, 0) is 26.3 Å². The predicted molar refractivity (Wildman–Crippen MR) is 96.9 cm³/mol. The SMILES string of the molecule is CC(C)N1CC(C(=O)N2CCCN(C(=O)c3ccc(=O)[nH]n3)CC2)CC1=O. The molecule has 0 radical (unpaired) electrons. The molecule has 2 fully saturated rings. The summed E-state index contributed by atoms with van der Waals surface area (Å²) in [5, 5.41) is 6.04. The third-order valence-electron chi connectivity index (χ3n) is 5.12. The van der Waals surface area contributed by atoms with Crippen LogP contribution < -0.4 is 5.56 Å². The molecule has 27 heavy (non-hydrogen) atoms. The number of rotatable bonds is 3. The first-order valence-electron chi connectivity index (χ1n) is 9.30. The Morgan fingerprint density at radius 2 is 1.81 bits per heavy atom. The largest absolute Gasteiger partial charge is 0.341 e. The normalized spacial score (nSPS) is 20.9. The summed E-state index contributed by atoms with van der Waals surface area (Å²) in [6.07, 6.45) is 0.923. The highest BCUT2D eigenvalue weighted by molar-refractivity contribution is 5.92. The lowest BCUT2D eigenvalue weighted by Crippen LogP contribution is -2.41. The molecule has 0 bridgehead atoms. The van der Waals surface area contributed by atoms with Gasteiger partial charge in [0.2, 0.25) is 11.8 Å². The average Bonchev–Trinajstić information content (AvgIpc) is 2.88. The van der Waals surface area contributed by atoms with E-state index in [4.69, 9.17) is 0 Å². The summed E-state index contributed by atoms with van der Waals surface area (Å²) >= 11 is 0. The van der Waals surface area contributed by atoms with Crippen LogP contribution in [0.4, 0.5) is 0 Å². The number of carbonyl (C=O) groups is 3. The van der Waals surface area contributed by atoms with Crippen LogP contribution >= 0.6 is 0 Å². The number of aromatic amines is 1. The van der Waals surface area contributed by atoms with Crippen molar-refractivity contribution < 1.29 is 14.4 Å². The topological polar surface area (TPSA) is 107 Å². The van der Waals surface area contributed by atoms with Crippen molar-refractivity contribution in [2.75, 3.05) is 32.7 Å². The third kappa shape index (κ3) is 4.17. The molecule has 1 aromatic heterocycles. The van der Waals surface area contributed by atoms with Crippen molar-refractivity contribution in [3.8, 4) is 0 Å². The van der Waals surface area contributed by atoms with Crippen molar-refractivity contribution in [1.29, 1.82) is 0 Å². The van der Waals surface area contributed by atoms with Crippen LogP contribution in [0.5, 0.6) is 0 Å². The molecule has 1 atom stereocenters. The van der Waals surface area contributed by atoms with E-state index in [9.17, 15) is 19.2 Å². The van der Waals surface area contributed by atoms with E-state index in [2.05, 4.69) is 10.2 Å². The van der Waals surface area contributed by atoms with Crippen LogP contribution in [0.1, 0.15) is 37.2 Å². The average molecular weight is 375 g/mol. The van der Waals surface area contributed by atoms with Gasteiger partial charge < -0.3 is 14.7 Å². The van der Waals surface area contributed by atoms with Crippen molar-refractivity contribution in [2.24, 2.45) is 5.92 Å². The van der Waals surface area contributed by atoms with Gasteiger partial charge in [0.05, 0.1) is 5.92 Å². The van der Waals surface area contributed by atoms with Crippen molar-refractivity contribution >= 4 is 17.7 Å². The monoisotopic (exact) mass is 375 g/mol. The van der Waals surface area contributed by atoms with Gasteiger partial charge in [-0.15, -0.1) is 0 Å². The number of nitrogens with zero attached hydrogens (tertiary/aromatic N) is 4. The smallest absolute Gasteiger partial charge is 0.274 e. The summed E-state index contributed by atoms with van der Waals surface area (Å²) in [4.78, 5) is 53.7. The van der Waals surface area contributed by atoms with Crippen LogP contribution in [-0.4, -0.2) is 81.4 Å². The second kappa shape index (κ2) is 7.89. The Hall–Kier alpha value is -2.71. The Labute approximate surface area is 157 Å². The van der Waals surface area contributed by atoms with Crippen molar-refractivity contribution in [2.45, 2.75) is 32.7 Å². The summed E-state index contributed by atoms with van der Waals surface area (Å²) in [5.41, 5.74) is -0.177. The van der Waals surface area contributed by atoms with Crippen molar-refractivity contribution in [1.82, 2.24) is 24.9 Å². The zero-order valence-corrected chi connectivity index (χ0v) is 15.7. The minimum atomic E-state index is -0.360. The maximum atomic E-state index is 12.8. The van der Waals surface area contributed by atoms with Gasteiger partial charge in [-0.1, -0.05) is 0 Å². The van der Waals surface area contributed by atoms with E-state index < -0.39 is 0 Å². The Balaban J connectivity index is 1.60. The van der Waals surface area contributed by atoms with Gasteiger partial charge >= 0.3 is 0 Å². The lowest BCUT2D eigenvalue weighted by atomic mass is 10.1. The van der Waals surface area contributed by atoms with Crippen molar-refractivity contribution in [3.63, 3.8) is 0 Å². The maximum Gasteiger partial charge on any atom is 0.274 e. The van der Waals surface area contributed by atoms with Gasteiger partial charge in [0.15, 0.2) is 0 Å². The maximum absolute atomic E-state index is 12.8. The van der Waals surface area contributed by atoms with E-state index in [0.717, 1.165) is 0 Å². The Kier molecular flexibility index (Phi) is 5.57. The molecule has 1 unspecified atom stereocenters. The highest BCUT2D eigenvalue weighted by Gasteiger charge is 2.38. The molecule has 9 nitrogen and oxygen atoms in total. The van der Waals surface area contributed by atoms with Gasteiger partial charge in [0, 0.05) is 51.3 Å². The zero-order chi connectivity index (χ0) is 19.6. The second-order valence-corrected chi connectivity index (χ2v) is 7.32. The molecule has 2 aliphatic heterocycles. The molecule has 146 valence electrons. The first-order chi connectivity index (χ1) is 12.9. The minimum Gasteiger partial charge on any atom is -0.341 e. The summed E-state index contributed by atoms with van der Waals surface area (Å²) < 4.78 is 0. The fourth-order valence-electron chi connectivity index (χ4n) is 3.62. The molecule has 1 N–H and O–H groups in total. The van der Waals surface area contributed by atoms with E-state index in [-0.39, 0.29) is 47.4 Å². The molecule has 0 aliphatic carbocycles. The number of hydrogen-bond acceptors (Lipinski definition) is 5. The quantitative estimate of drug-likeness (QED) is 0.781. The molecule has 3 amide bonds. The lowest BCUT2D eigenvalue weighted by molar-refractivity contribution is -0.135. The first-order valence-corrected chi connectivity index (χ1v) is 9.30. The van der Waals surface area contributed by atoms with Gasteiger partial charge in [-0.3, -0.25) is 19.2 Å². The second-order valence-electron chi connectivity index (χ2n) is 7.32. The fourth-order valence-corrected chi connectivity index (χ4v) is 3.62. The van der Waals surface area contributed by atoms with Gasteiger partial charge in [0.25, 0.3) is 11.5 Å². The van der Waals surface area contributed by atoms with E-state index >= 15 is 0 Å². The van der Waals surface area contributed by atoms with E-state index in [1.165, 1.54) is 12.1 Å². The molecule has 0 saturated carbocycles. The number of nitrogens with one attached hydrogen (secondary N) is 1. The molecule has 0 aromatic carbocycles. The highest BCUT2D eigenvalue weighted by atomic mass is 16.2. The molecule has 3 rings (SSSR count). The Morgan fingerprint density at radius 1 is 1.11 bits per heavy atom. The highest BCUT2D eigenvalue weighted by Crippen LogP contribution is 2.23. The number of hydrogen-bond donors (Lipinski definition) is 1. The van der Waals surface area contributed by atoms with E-state index in [1.807, 2.05) is 13.8 Å². The van der Waals surface area contributed by atoms with Crippen LogP contribution in [-0.2, 0) is 9.59 Å². The van der Waals surface area contributed by atoms with Gasteiger partial charge in [-0.25, -0.2) is 5.10 Å². The van der Waals surface area contributed by atoms with Crippen LogP contribution in [0.15, 0.2) is 16.9 Å². The van der Waals surface area contributed by atoms with Gasteiger partial charge in [-0.2, -0.15) is 5.10 Å². The number of amides is 3. The summed E-state index contributed by atoms with van der Waals surface area (Å²) in [7, 11) is 0. The molecule has 2 saturated heterocycles. The molecular weight excluding hydrogens is 350 g/mol. The number of likely N-dealkylation sites (tertiary alicyclic amines) is 1. The first kappa shape index (κ1) is 19.1. The predicted octanol–water partition coefficient (Wildman–Crippen LogP) is -0.299. The third-order valence-corrected chi connectivity index (χ3v) is 5.12. The van der Waals surface area contributed by atoms with Gasteiger partial charge in [0.1, 0.15) is 5.69 Å². The number of carbonyl (C=O) groups excluding carboxylic acids is 3. The zero-order valence-electron chi connectivity index (χ0n) is 15.7.